The zero-order valence-electron chi connectivity index (χ0n) is 12.6. The summed E-state index contributed by atoms with van der Waals surface area (Å²) in [5.41, 5.74) is 2.95. The first kappa shape index (κ1) is 14.4. The molecule has 0 spiro atoms. The summed E-state index contributed by atoms with van der Waals surface area (Å²) in [5.74, 6) is 1.53. The fourth-order valence-corrected chi connectivity index (χ4v) is 2.37. The Labute approximate surface area is 130 Å². The van der Waals surface area contributed by atoms with Gasteiger partial charge in [-0.2, -0.15) is 0 Å². The highest BCUT2D eigenvalue weighted by molar-refractivity contribution is 5.94. The largest absolute Gasteiger partial charge is 0.486 e. The highest BCUT2D eigenvalue weighted by Gasteiger charge is 2.11. The van der Waals surface area contributed by atoms with Crippen molar-refractivity contribution in [2.45, 2.75) is 13.3 Å². The highest BCUT2D eigenvalue weighted by Crippen LogP contribution is 2.30. The van der Waals surface area contributed by atoms with Gasteiger partial charge in [0.25, 0.3) is 5.91 Å². The lowest BCUT2D eigenvalue weighted by molar-refractivity contribution is 0.0954. The molecule has 3 rings (SSSR count). The molecule has 2 aromatic carbocycles. The monoisotopic (exact) mass is 297 g/mol. The molecule has 1 amide bonds. The van der Waals surface area contributed by atoms with Gasteiger partial charge in [0, 0.05) is 12.1 Å². The summed E-state index contributed by atoms with van der Waals surface area (Å²) in [7, 11) is 0. The predicted octanol–water partition coefficient (Wildman–Crippen LogP) is 2.74. The zero-order chi connectivity index (χ0) is 15.4. The fourth-order valence-electron chi connectivity index (χ4n) is 2.37. The second-order valence-corrected chi connectivity index (χ2v) is 5.35. The summed E-state index contributed by atoms with van der Waals surface area (Å²) in [4.78, 5) is 12.0. The van der Waals surface area contributed by atoms with Crippen LogP contribution in [0.25, 0.3) is 0 Å². The van der Waals surface area contributed by atoms with Gasteiger partial charge in [-0.1, -0.05) is 23.8 Å². The molecule has 1 heterocycles. The standard InChI is InChI=1S/C18H19NO3/c1-13-2-5-15(6-3-13)18(20)19-9-8-14-4-7-16-17(12-14)22-11-10-21-16/h2-7,12H,8-11H2,1H3,(H,19,20). The average Bonchev–Trinajstić information content (AvgIpc) is 2.55. The maximum Gasteiger partial charge on any atom is 0.251 e. The molecule has 0 atom stereocenters. The van der Waals surface area contributed by atoms with Crippen LogP contribution in [-0.4, -0.2) is 25.7 Å². The molecule has 0 saturated heterocycles. The van der Waals surface area contributed by atoms with E-state index in [0.717, 1.165) is 29.0 Å². The number of nitrogens with one attached hydrogen (secondary N) is 1. The summed E-state index contributed by atoms with van der Waals surface area (Å²) in [6, 6.07) is 13.5. The number of hydrogen-bond acceptors (Lipinski definition) is 3. The van der Waals surface area contributed by atoms with E-state index in [1.807, 2.05) is 49.4 Å². The molecule has 1 aliphatic heterocycles. The minimum Gasteiger partial charge on any atom is -0.486 e. The van der Waals surface area contributed by atoms with Gasteiger partial charge < -0.3 is 14.8 Å². The first-order valence-electron chi connectivity index (χ1n) is 7.46. The lowest BCUT2D eigenvalue weighted by Gasteiger charge is -2.18. The van der Waals surface area contributed by atoms with Crippen molar-refractivity contribution < 1.29 is 14.3 Å². The van der Waals surface area contributed by atoms with Gasteiger partial charge in [-0.25, -0.2) is 0 Å². The van der Waals surface area contributed by atoms with Crippen molar-refractivity contribution >= 4 is 5.91 Å². The van der Waals surface area contributed by atoms with E-state index in [1.54, 1.807) is 0 Å². The van der Waals surface area contributed by atoms with Crippen molar-refractivity contribution in [2.24, 2.45) is 0 Å². The summed E-state index contributed by atoms with van der Waals surface area (Å²) >= 11 is 0. The number of carbonyl (C=O) groups excluding carboxylic acids is 1. The van der Waals surface area contributed by atoms with Gasteiger partial charge >= 0.3 is 0 Å². The number of hydrogen-bond donors (Lipinski definition) is 1. The van der Waals surface area contributed by atoms with Crippen LogP contribution >= 0.6 is 0 Å². The van der Waals surface area contributed by atoms with Crippen LogP contribution in [0.15, 0.2) is 42.5 Å². The van der Waals surface area contributed by atoms with Crippen molar-refractivity contribution in [1.29, 1.82) is 0 Å². The Kier molecular flexibility index (Phi) is 4.28. The molecule has 0 aromatic heterocycles. The molecule has 22 heavy (non-hydrogen) atoms. The van der Waals surface area contributed by atoms with Crippen LogP contribution in [0, 0.1) is 6.92 Å². The predicted molar refractivity (Wildman–Crippen MR) is 84.6 cm³/mol. The van der Waals surface area contributed by atoms with E-state index < -0.39 is 0 Å². The third-order valence-corrected chi connectivity index (χ3v) is 3.62. The topological polar surface area (TPSA) is 47.6 Å². The smallest absolute Gasteiger partial charge is 0.251 e. The minimum atomic E-state index is -0.0439. The number of rotatable bonds is 4. The van der Waals surface area contributed by atoms with Crippen molar-refractivity contribution in [1.82, 2.24) is 5.32 Å². The Morgan fingerprint density at radius 2 is 1.77 bits per heavy atom. The Morgan fingerprint density at radius 1 is 1.05 bits per heavy atom. The van der Waals surface area contributed by atoms with Gasteiger partial charge in [-0.3, -0.25) is 4.79 Å². The van der Waals surface area contributed by atoms with Gasteiger partial charge in [0.05, 0.1) is 0 Å². The van der Waals surface area contributed by atoms with Gasteiger partial charge in [0.15, 0.2) is 11.5 Å². The number of amides is 1. The van der Waals surface area contributed by atoms with Crippen molar-refractivity contribution in [3.63, 3.8) is 0 Å². The summed E-state index contributed by atoms with van der Waals surface area (Å²) in [6.07, 6.45) is 0.758. The van der Waals surface area contributed by atoms with E-state index in [9.17, 15) is 4.79 Å². The summed E-state index contributed by atoms with van der Waals surface area (Å²) < 4.78 is 11.1. The Balaban J connectivity index is 1.54. The van der Waals surface area contributed by atoms with Crippen molar-refractivity contribution in [2.75, 3.05) is 19.8 Å². The van der Waals surface area contributed by atoms with Crippen LogP contribution < -0.4 is 14.8 Å². The molecule has 1 aliphatic rings. The van der Waals surface area contributed by atoms with Crippen LogP contribution in [0.3, 0.4) is 0 Å². The molecule has 0 aliphatic carbocycles. The Hall–Kier alpha value is -2.49. The molecule has 4 nitrogen and oxygen atoms in total. The van der Waals surface area contributed by atoms with Crippen LogP contribution in [0.5, 0.6) is 11.5 Å². The van der Waals surface area contributed by atoms with Gasteiger partial charge in [0.2, 0.25) is 0 Å². The lowest BCUT2D eigenvalue weighted by Crippen LogP contribution is -2.25. The normalized spacial score (nSPS) is 12.8. The first-order valence-corrected chi connectivity index (χ1v) is 7.46. The van der Waals surface area contributed by atoms with E-state index in [0.29, 0.717) is 25.3 Å². The van der Waals surface area contributed by atoms with Gasteiger partial charge in [-0.05, 0) is 43.2 Å². The molecule has 4 heteroatoms. The third kappa shape index (κ3) is 3.39. The van der Waals surface area contributed by atoms with Crippen LogP contribution in [0.4, 0.5) is 0 Å². The zero-order valence-corrected chi connectivity index (χ0v) is 12.6. The van der Waals surface area contributed by atoms with E-state index >= 15 is 0 Å². The molecule has 0 unspecified atom stereocenters. The van der Waals surface area contributed by atoms with E-state index in [2.05, 4.69) is 5.32 Å². The summed E-state index contributed by atoms with van der Waals surface area (Å²) in [6.45, 7) is 3.77. The molecule has 1 N–H and O–H groups in total. The quantitative estimate of drug-likeness (QED) is 0.944. The van der Waals surface area contributed by atoms with Crippen LogP contribution in [0.2, 0.25) is 0 Å². The van der Waals surface area contributed by atoms with Gasteiger partial charge in [0.1, 0.15) is 13.2 Å². The third-order valence-electron chi connectivity index (χ3n) is 3.62. The number of benzene rings is 2. The lowest BCUT2D eigenvalue weighted by atomic mass is 10.1. The molecular weight excluding hydrogens is 278 g/mol. The highest BCUT2D eigenvalue weighted by atomic mass is 16.6. The van der Waals surface area contributed by atoms with Crippen molar-refractivity contribution in [3.8, 4) is 11.5 Å². The Bertz CT molecular complexity index is 665. The number of aryl methyl sites for hydroxylation is 1. The molecule has 0 fully saturated rings. The van der Waals surface area contributed by atoms with Crippen molar-refractivity contribution in [3.05, 3.63) is 59.2 Å². The maximum atomic E-state index is 12.0. The first-order chi connectivity index (χ1) is 10.7. The molecule has 114 valence electrons. The van der Waals surface area contributed by atoms with E-state index in [1.165, 1.54) is 0 Å². The molecule has 2 aromatic rings. The van der Waals surface area contributed by atoms with Gasteiger partial charge in [-0.15, -0.1) is 0 Å². The molecule has 0 saturated carbocycles. The number of ether oxygens (including phenoxy) is 2. The number of carbonyl (C=O) groups is 1. The average molecular weight is 297 g/mol. The molecule has 0 radical (unpaired) electrons. The molecular formula is C18H19NO3. The van der Waals surface area contributed by atoms with Crippen LogP contribution in [0.1, 0.15) is 21.5 Å². The molecule has 0 bridgehead atoms. The fraction of sp³-hybridized carbons (Fsp3) is 0.278. The van der Waals surface area contributed by atoms with E-state index in [-0.39, 0.29) is 5.91 Å². The van der Waals surface area contributed by atoms with Crippen LogP contribution in [-0.2, 0) is 6.42 Å². The second kappa shape index (κ2) is 6.52. The minimum absolute atomic E-state index is 0.0439. The maximum absolute atomic E-state index is 12.0. The SMILES string of the molecule is Cc1ccc(C(=O)NCCc2ccc3c(c2)OCCO3)cc1. The van der Waals surface area contributed by atoms with E-state index in [4.69, 9.17) is 9.47 Å². The second-order valence-electron chi connectivity index (χ2n) is 5.35. The number of fused-ring (bicyclic) bond motifs is 1. The Morgan fingerprint density at radius 3 is 2.55 bits per heavy atom. The summed E-state index contributed by atoms with van der Waals surface area (Å²) in [5, 5.41) is 2.94.